The third kappa shape index (κ3) is 5.63. The molecule has 0 aromatic carbocycles. The molecule has 0 spiro atoms. The van der Waals surface area contributed by atoms with E-state index in [1.165, 1.54) is 15.7 Å². The highest BCUT2D eigenvalue weighted by atomic mass is 19.1. The Kier molecular flexibility index (Phi) is 8.56. The molecule has 1 amide bonds. The van der Waals surface area contributed by atoms with Crippen molar-refractivity contribution in [1.82, 2.24) is 24.3 Å². The highest BCUT2D eigenvalue weighted by molar-refractivity contribution is 6.01. The van der Waals surface area contributed by atoms with Gasteiger partial charge in [-0.2, -0.15) is 0 Å². The minimum atomic E-state index is -1.51. The van der Waals surface area contributed by atoms with Crippen molar-refractivity contribution in [3.63, 3.8) is 0 Å². The van der Waals surface area contributed by atoms with E-state index < -0.39 is 36.8 Å². The molecule has 3 saturated heterocycles. The lowest BCUT2D eigenvalue weighted by Crippen LogP contribution is -2.59. The van der Waals surface area contributed by atoms with Crippen LogP contribution in [0, 0.1) is 5.92 Å². The number of aromatic nitrogens is 3. The Hall–Kier alpha value is -4.40. The molecule has 264 valence electrons. The molecule has 8 rings (SSSR count). The zero-order valence-corrected chi connectivity index (χ0v) is 28.2. The fourth-order valence-electron chi connectivity index (χ4n) is 8.42. The van der Waals surface area contributed by atoms with Crippen molar-refractivity contribution in [2.45, 2.75) is 69.3 Å². The van der Waals surface area contributed by atoms with E-state index in [9.17, 15) is 19.1 Å². The van der Waals surface area contributed by atoms with E-state index in [1.807, 2.05) is 18.3 Å². The second-order valence-electron chi connectivity index (χ2n) is 14.1. The number of anilines is 4. The smallest absolute Gasteiger partial charge is 0.274 e. The highest BCUT2D eigenvalue weighted by Crippen LogP contribution is 2.45. The third-order valence-corrected chi connectivity index (χ3v) is 11.1. The van der Waals surface area contributed by atoms with Crippen molar-refractivity contribution < 1.29 is 23.4 Å². The number of carbonyl (C=O) groups is 1. The molecule has 5 unspecified atom stereocenters. The van der Waals surface area contributed by atoms with Crippen LogP contribution in [0.3, 0.4) is 0 Å². The molecule has 4 aliphatic heterocycles. The second kappa shape index (κ2) is 13.1. The van der Waals surface area contributed by atoms with Gasteiger partial charge in [0.15, 0.2) is 0 Å². The Balaban J connectivity index is 1.03. The minimum Gasteiger partial charge on any atom is -0.392 e. The van der Waals surface area contributed by atoms with E-state index in [1.54, 1.807) is 42.7 Å². The predicted octanol–water partition coefficient (Wildman–Crippen LogP) is 3.33. The Labute approximate surface area is 289 Å². The Bertz CT molecular complexity index is 1850. The number of halogens is 2. The van der Waals surface area contributed by atoms with Crippen molar-refractivity contribution in [3.05, 3.63) is 71.2 Å². The molecule has 0 bridgehead atoms. The van der Waals surface area contributed by atoms with E-state index in [2.05, 4.69) is 32.0 Å². The summed E-state index contributed by atoms with van der Waals surface area (Å²) in [5.41, 5.74) is 2.52. The van der Waals surface area contributed by atoms with Gasteiger partial charge in [-0.1, -0.05) is 0 Å². The van der Waals surface area contributed by atoms with Crippen LogP contribution in [0.5, 0.6) is 0 Å². The number of hydrogen-bond acceptors (Lipinski definition) is 10. The van der Waals surface area contributed by atoms with Crippen LogP contribution in [-0.4, -0.2) is 105 Å². The van der Waals surface area contributed by atoms with Crippen LogP contribution < -0.4 is 20.7 Å². The lowest BCUT2D eigenvalue weighted by molar-refractivity contribution is -0.123. The van der Waals surface area contributed by atoms with Gasteiger partial charge >= 0.3 is 0 Å². The van der Waals surface area contributed by atoms with E-state index >= 15 is 4.39 Å². The number of amides is 1. The number of piperazine rings is 1. The number of carbonyl (C=O) groups excluding carboxylic acids is 1. The van der Waals surface area contributed by atoms with Crippen molar-refractivity contribution in [3.8, 4) is 11.1 Å². The van der Waals surface area contributed by atoms with Gasteiger partial charge in [0.05, 0.1) is 37.7 Å². The van der Waals surface area contributed by atoms with Gasteiger partial charge in [-0.15, -0.1) is 0 Å². The van der Waals surface area contributed by atoms with E-state index in [4.69, 9.17) is 4.74 Å². The number of aliphatic hydroxyl groups excluding tert-OH is 1. The van der Waals surface area contributed by atoms with Gasteiger partial charge < -0.3 is 29.5 Å². The third-order valence-electron chi connectivity index (χ3n) is 11.1. The van der Waals surface area contributed by atoms with Gasteiger partial charge in [0, 0.05) is 80.6 Å². The molecule has 14 heteroatoms. The first kappa shape index (κ1) is 32.8. The van der Waals surface area contributed by atoms with Gasteiger partial charge in [0.1, 0.15) is 35.7 Å². The summed E-state index contributed by atoms with van der Waals surface area (Å²) >= 11 is 0. The van der Waals surface area contributed by atoms with E-state index in [-0.39, 0.29) is 29.5 Å². The summed E-state index contributed by atoms with van der Waals surface area (Å²) in [4.78, 5) is 44.0. The normalized spacial score (nSPS) is 28.4. The highest BCUT2D eigenvalue weighted by Gasteiger charge is 2.55. The van der Waals surface area contributed by atoms with Crippen LogP contribution in [0.2, 0.25) is 0 Å². The number of nitrogens with one attached hydrogen (secondary N) is 1. The zero-order valence-electron chi connectivity index (χ0n) is 28.2. The largest absolute Gasteiger partial charge is 0.392 e. The molecule has 50 heavy (non-hydrogen) atoms. The molecule has 3 aromatic rings. The number of pyridine rings is 3. The molecule has 2 N–H and O–H groups in total. The van der Waals surface area contributed by atoms with E-state index in [0.717, 1.165) is 38.5 Å². The molecule has 4 fully saturated rings. The number of rotatable bonds is 7. The molecular formula is C36H42F2N8O4. The number of nitrogens with zero attached hydrogens (tertiary/aromatic N) is 7. The summed E-state index contributed by atoms with van der Waals surface area (Å²) in [6.07, 6.45) is 6.60. The summed E-state index contributed by atoms with van der Waals surface area (Å²) in [7, 11) is 1.64. The maximum absolute atomic E-state index is 15.7. The number of hydrogen-bond donors (Lipinski definition) is 2. The van der Waals surface area contributed by atoms with Crippen molar-refractivity contribution in [2.75, 3.05) is 48.0 Å². The molecule has 7 heterocycles. The predicted molar refractivity (Wildman–Crippen MR) is 185 cm³/mol. The number of fused-ring (bicyclic) bond motifs is 3. The summed E-state index contributed by atoms with van der Waals surface area (Å²) < 4.78 is 36.7. The first-order valence-electron chi connectivity index (χ1n) is 17.4. The lowest BCUT2D eigenvalue weighted by atomic mass is 9.82. The van der Waals surface area contributed by atoms with E-state index in [0.29, 0.717) is 47.4 Å². The Morgan fingerprint density at radius 3 is 2.64 bits per heavy atom. The maximum atomic E-state index is 15.7. The Morgan fingerprint density at radius 1 is 1.08 bits per heavy atom. The fourth-order valence-corrected chi connectivity index (χ4v) is 8.42. The number of aryl methyl sites for hydroxylation is 1. The summed E-state index contributed by atoms with van der Waals surface area (Å²) in [5.74, 6) is -0.383. The second-order valence-corrected chi connectivity index (χ2v) is 14.1. The van der Waals surface area contributed by atoms with Crippen molar-refractivity contribution in [2.24, 2.45) is 13.0 Å². The van der Waals surface area contributed by atoms with Gasteiger partial charge in [-0.3, -0.25) is 19.4 Å². The molecule has 5 aliphatic rings. The molecule has 0 radical (unpaired) electrons. The summed E-state index contributed by atoms with van der Waals surface area (Å²) in [6.45, 7) is 6.18. The van der Waals surface area contributed by atoms with Crippen molar-refractivity contribution in [1.29, 1.82) is 0 Å². The van der Waals surface area contributed by atoms with Crippen LogP contribution in [0.1, 0.15) is 31.7 Å². The topological polar surface area (TPSA) is 119 Å². The summed E-state index contributed by atoms with van der Waals surface area (Å²) in [6, 6.07) is 6.77. The fraction of sp³-hybridized carbons (Fsp3) is 0.500. The molecule has 12 nitrogen and oxygen atoms in total. The van der Waals surface area contributed by atoms with Crippen LogP contribution in [0.15, 0.2) is 60.1 Å². The van der Waals surface area contributed by atoms with Gasteiger partial charge in [0.25, 0.3) is 11.5 Å². The molecule has 1 aliphatic carbocycles. The minimum absolute atomic E-state index is 0.103. The van der Waals surface area contributed by atoms with Crippen LogP contribution in [0.25, 0.3) is 11.1 Å². The zero-order chi connectivity index (χ0) is 34.7. The number of alkyl halides is 2. The van der Waals surface area contributed by atoms with Gasteiger partial charge in [0.2, 0.25) is 0 Å². The monoisotopic (exact) mass is 688 g/mol. The number of aliphatic hydroxyl groups is 1. The van der Waals surface area contributed by atoms with Crippen molar-refractivity contribution >= 4 is 28.9 Å². The SMILES string of the molecule is C[C@H]1CN(C2COC2)CCN1c1ccc(Nc2cc(-c3ccnc(N4C=CN5C6CCC(F)CC6C(F)C5C4=O)c3CO)cn(C)c2=O)nc1. The van der Waals surface area contributed by atoms with Gasteiger partial charge in [-0.05, 0) is 56.0 Å². The first-order chi connectivity index (χ1) is 24.2. The van der Waals surface area contributed by atoms with Gasteiger partial charge in [-0.25, -0.2) is 18.7 Å². The molecule has 3 aromatic heterocycles. The Morgan fingerprint density at radius 2 is 1.92 bits per heavy atom. The standard InChI is InChI=1S/C36H42F2N8O4/c1-21-16-43(25-19-50-20-25)9-10-44(21)24-4-6-31(40-15-24)41-29-13-22(17-42(2)35(29)48)26-7-8-39-34(28(26)18-47)46-12-11-45-30-5-3-23(37)14-27(30)32(38)33(45)36(46)49/h4,6-8,11-13,15,17,21,23,25,27,30,32-33,47H,3,5,9-10,14,16,18-20H2,1-2H3,(H,40,41)/t21-,23?,27?,30?,32?,33?/m0/s1. The lowest BCUT2D eigenvalue weighted by Gasteiger charge is -2.46. The van der Waals surface area contributed by atoms with Crippen LogP contribution in [0.4, 0.5) is 31.8 Å². The summed E-state index contributed by atoms with van der Waals surface area (Å²) in [5, 5.41) is 13.8. The number of ether oxygens (including phenoxy) is 1. The molecular weight excluding hydrogens is 646 g/mol. The molecule has 1 saturated carbocycles. The first-order valence-corrected chi connectivity index (χ1v) is 17.4. The van der Waals surface area contributed by atoms with Crippen LogP contribution >= 0.6 is 0 Å². The quantitative estimate of drug-likeness (QED) is 0.383. The average molecular weight is 689 g/mol. The maximum Gasteiger partial charge on any atom is 0.274 e. The average Bonchev–Trinajstić information content (AvgIpc) is 3.37. The van der Waals surface area contributed by atoms with Crippen LogP contribution in [-0.2, 0) is 23.2 Å². The molecule has 6 atom stereocenters.